The van der Waals surface area contributed by atoms with Crippen LogP contribution in [0.2, 0.25) is 0 Å². The summed E-state index contributed by atoms with van der Waals surface area (Å²) in [6.45, 7) is 5.89. The Balaban J connectivity index is 1.68. The number of carbonyl (C=O) groups is 5. The summed E-state index contributed by atoms with van der Waals surface area (Å²) in [5.41, 5.74) is 0.705. The molecule has 0 spiro atoms. The lowest BCUT2D eigenvalue weighted by Gasteiger charge is -2.48. The van der Waals surface area contributed by atoms with E-state index in [9.17, 15) is 33.4 Å². The highest BCUT2D eigenvalue weighted by atomic mass is 31.2. The van der Waals surface area contributed by atoms with Crippen molar-refractivity contribution in [3.63, 3.8) is 0 Å². The summed E-state index contributed by atoms with van der Waals surface area (Å²) in [5, 5.41) is 0. The molecule has 20 nitrogen and oxygen atoms in total. The fraction of sp³-hybridized carbons (Fsp3) is 0.667. The van der Waals surface area contributed by atoms with Crippen molar-refractivity contribution in [2.24, 2.45) is 0 Å². The third-order valence-corrected chi connectivity index (χ3v) is 9.05. The molecule has 1 unspecified atom stereocenters. The third kappa shape index (κ3) is 12.0. The monoisotopic (exact) mass is 792 g/mol. The van der Waals surface area contributed by atoms with Crippen molar-refractivity contribution in [3.05, 3.63) is 35.9 Å². The molecule has 0 bridgehead atoms. The van der Waals surface area contributed by atoms with Gasteiger partial charge in [0.05, 0.1) is 19.3 Å². The number of hydrogen-bond donors (Lipinski definition) is 1. The second-order valence-corrected chi connectivity index (χ2v) is 13.7. The number of methoxy groups -OCH3 is 1. The van der Waals surface area contributed by atoms with Crippen LogP contribution in [-0.4, -0.2) is 129 Å². The zero-order valence-electron chi connectivity index (χ0n) is 30.6. The van der Waals surface area contributed by atoms with Gasteiger partial charge in [-0.05, 0) is 6.92 Å². The Morgan fingerprint density at radius 2 is 1.26 bits per heavy atom. The molecule has 54 heavy (non-hydrogen) atoms. The molecule has 0 aromatic heterocycles. The Morgan fingerprint density at radius 1 is 0.704 bits per heavy atom. The van der Waals surface area contributed by atoms with E-state index >= 15 is 0 Å². The van der Waals surface area contributed by atoms with Crippen molar-refractivity contribution >= 4 is 37.7 Å². The van der Waals surface area contributed by atoms with Gasteiger partial charge in [0.2, 0.25) is 0 Å². The van der Waals surface area contributed by atoms with Crippen LogP contribution < -0.4 is 0 Å². The molecule has 1 aromatic carbocycles. The average molecular weight is 793 g/mol. The van der Waals surface area contributed by atoms with Crippen molar-refractivity contribution in [2.75, 3.05) is 26.9 Å². The summed E-state index contributed by atoms with van der Waals surface area (Å²) in [6, 6.07) is 8.94. The molecule has 3 saturated heterocycles. The number of esters is 5. The second kappa shape index (κ2) is 19.3. The minimum absolute atomic E-state index is 0.191. The first-order chi connectivity index (χ1) is 25.5. The minimum atomic E-state index is -5.20. The normalized spacial score (nSPS) is 33.7. The molecular formula is C33H45O20P. The van der Waals surface area contributed by atoms with E-state index in [-0.39, 0.29) is 13.2 Å². The van der Waals surface area contributed by atoms with Crippen LogP contribution in [0, 0.1) is 0 Å². The fourth-order valence-corrected chi connectivity index (χ4v) is 7.05. The molecule has 3 aliphatic rings. The van der Waals surface area contributed by atoms with Gasteiger partial charge in [-0.2, -0.15) is 0 Å². The number of carbonyl (C=O) groups excluding carboxylic acids is 5. The maximum absolute atomic E-state index is 13.8. The van der Waals surface area contributed by atoms with Gasteiger partial charge < -0.3 is 57.0 Å². The predicted octanol–water partition coefficient (Wildman–Crippen LogP) is 1.39. The Bertz CT molecular complexity index is 1500. The number of hydrogen-bond acceptors (Lipinski definition) is 19. The van der Waals surface area contributed by atoms with Crippen LogP contribution in [0.1, 0.15) is 53.4 Å². The Hall–Kier alpha value is -3.56. The van der Waals surface area contributed by atoms with Crippen molar-refractivity contribution in [3.8, 4) is 0 Å². The Kier molecular flexibility index (Phi) is 15.5. The van der Waals surface area contributed by atoms with E-state index in [0.717, 1.165) is 34.6 Å². The van der Waals surface area contributed by atoms with Crippen molar-refractivity contribution < 1.29 is 94.6 Å². The molecule has 1 aromatic rings. The molecule has 4 rings (SSSR count). The standard InChI is InChI=1S/C33H45O20P/c1-16-25(46-18(3)35)27(48-20(5)37)29(49-21(6)38)33(45-16)51-30-28(26(47-19(4)36)24(15-42-17(2)34)50-32(30)41-7)53-54(39,40)52-23-13-43-31(44-14-23)22-11-9-8-10-12-22/h8-12,16,23-33H,13-15H2,1-7H3,(H,39,40)/t16-,23?,24+,25-,26-,27+,28-,29+,30+,31?,32+,33-/m0/s1. The van der Waals surface area contributed by atoms with Crippen molar-refractivity contribution in [2.45, 2.75) is 115 Å². The second-order valence-electron chi connectivity index (χ2n) is 12.4. The van der Waals surface area contributed by atoms with Gasteiger partial charge in [0.1, 0.15) is 31.0 Å². The molecule has 21 heteroatoms. The van der Waals surface area contributed by atoms with Gasteiger partial charge in [-0.25, -0.2) is 4.57 Å². The maximum atomic E-state index is 13.8. The number of rotatable bonds is 14. The molecule has 11 atom stereocenters. The van der Waals surface area contributed by atoms with Gasteiger partial charge in [-0.15, -0.1) is 0 Å². The Morgan fingerprint density at radius 3 is 1.81 bits per heavy atom. The Labute approximate surface area is 310 Å². The number of ether oxygens (including phenoxy) is 11. The van der Waals surface area contributed by atoms with Crippen LogP contribution in [-0.2, 0) is 89.7 Å². The quantitative estimate of drug-likeness (QED) is 0.159. The molecule has 3 heterocycles. The lowest BCUT2D eigenvalue weighted by atomic mass is 9.96. The number of phosphoric ester groups is 1. The van der Waals surface area contributed by atoms with Crippen molar-refractivity contribution in [1.29, 1.82) is 0 Å². The first kappa shape index (κ1) is 43.2. The average Bonchev–Trinajstić information content (AvgIpc) is 3.08. The molecule has 3 fully saturated rings. The van der Waals surface area contributed by atoms with E-state index in [1.54, 1.807) is 24.3 Å². The van der Waals surface area contributed by atoms with Crippen LogP contribution in [0.5, 0.6) is 0 Å². The molecule has 302 valence electrons. The smallest absolute Gasteiger partial charge is 0.463 e. The van der Waals surface area contributed by atoms with Gasteiger partial charge in [-0.1, -0.05) is 30.3 Å². The molecule has 0 aliphatic carbocycles. The van der Waals surface area contributed by atoms with E-state index in [0.29, 0.717) is 5.56 Å². The topological polar surface area (TPSA) is 243 Å². The van der Waals surface area contributed by atoms with Crippen molar-refractivity contribution in [1.82, 2.24) is 0 Å². The lowest BCUT2D eigenvalue weighted by Crippen LogP contribution is -2.66. The summed E-state index contributed by atoms with van der Waals surface area (Å²) in [6.07, 6.45) is -17.3. The third-order valence-electron chi connectivity index (χ3n) is 7.98. The summed E-state index contributed by atoms with van der Waals surface area (Å²) >= 11 is 0. The van der Waals surface area contributed by atoms with Gasteiger partial charge in [0, 0.05) is 47.3 Å². The first-order valence-corrected chi connectivity index (χ1v) is 18.3. The van der Waals surface area contributed by atoms with Gasteiger partial charge in [0.25, 0.3) is 0 Å². The van der Waals surface area contributed by atoms with Crippen LogP contribution in [0.15, 0.2) is 30.3 Å². The zero-order valence-corrected chi connectivity index (χ0v) is 31.5. The highest BCUT2D eigenvalue weighted by molar-refractivity contribution is 7.47. The lowest BCUT2D eigenvalue weighted by molar-refractivity contribution is -0.361. The maximum Gasteiger partial charge on any atom is 0.473 e. The summed E-state index contributed by atoms with van der Waals surface area (Å²) < 4.78 is 86.8. The van der Waals surface area contributed by atoms with Gasteiger partial charge in [0.15, 0.2) is 43.3 Å². The molecule has 0 amide bonds. The fourth-order valence-electron chi connectivity index (χ4n) is 5.95. The van der Waals surface area contributed by atoms with Crippen LogP contribution in [0.25, 0.3) is 0 Å². The molecule has 1 N–H and O–H groups in total. The summed E-state index contributed by atoms with van der Waals surface area (Å²) in [7, 11) is -4.03. The molecular weight excluding hydrogens is 747 g/mol. The SMILES string of the molecule is CO[C@@H]1O[C@H](COC(C)=O)[C@H](OC(C)=O)[C@H](OP(=O)(O)OC2COC(c3ccccc3)OC2)[C@H]1O[C@@H]1O[C@@H](C)[C@H](OC(C)=O)[C@@H](OC(C)=O)[C@H]1OC(C)=O. The molecule has 0 radical (unpaired) electrons. The van der Waals surface area contributed by atoms with E-state index in [1.807, 2.05) is 6.07 Å². The van der Waals surface area contributed by atoms with E-state index in [1.165, 1.54) is 14.0 Å². The number of benzene rings is 1. The van der Waals surface area contributed by atoms with Gasteiger partial charge in [-0.3, -0.25) is 33.0 Å². The molecule has 3 aliphatic heterocycles. The van der Waals surface area contributed by atoms with E-state index in [4.69, 9.17) is 61.2 Å². The minimum Gasteiger partial charge on any atom is -0.463 e. The van der Waals surface area contributed by atoms with E-state index < -0.39 is 118 Å². The zero-order chi connectivity index (χ0) is 39.7. The van der Waals surface area contributed by atoms with Gasteiger partial charge >= 0.3 is 37.7 Å². The van der Waals surface area contributed by atoms with Crippen LogP contribution in [0.4, 0.5) is 0 Å². The highest BCUT2D eigenvalue weighted by Gasteiger charge is 2.57. The molecule has 0 saturated carbocycles. The number of phosphoric acid groups is 1. The van der Waals surface area contributed by atoms with Crippen LogP contribution >= 0.6 is 7.82 Å². The summed E-state index contributed by atoms with van der Waals surface area (Å²) in [5.74, 6) is -4.14. The first-order valence-electron chi connectivity index (χ1n) is 16.8. The van der Waals surface area contributed by atoms with E-state index in [2.05, 4.69) is 0 Å². The largest absolute Gasteiger partial charge is 0.473 e. The summed E-state index contributed by atoms with van der Waals surface area (Å²) in [4.78, 5) is 71.9. The highest BCUT2D eigenvalue weighted by Crippen LogP contribution is 2.50. The predicted molar refractivity (Wildman–Crippen MR) is 174 cm³/mol. The van der Waals surface area contributed by atoms with Crippen LogP contribution in [0.3, 0.4) is 0 Å².